The maximum Gasteiger partial charge on any atom is 0.303 e. The van der Waals surface area contributed by atoms with Gasteiger partial charge in [-0.05, 0) is 31.8 Å². The maximum atomic E-state index is 10.4. The van der Waals surface area contributed by atoms with Crippen molar-refractivity contribution in [1.29, 1.82) is 0 Å². The second kappa shape index (κ2) is 3.57. The minimum atomic E-state index is -0.709. The molecule has 0 bridgehead atoms. The zero-order valence-corrected chi connectivity index (χ0v) is 7.50. The molecule has 12 heavy (non-hydrogen) atoms. The van der Waals surface area contributed by atoms with Gasteiger partial charge in [0.05, 0.1) is 6.42 Å². The minimum absolute atomic E-state index is 0.215. The number of carbonyl (C=O) groups is 1. The first-order chi connectivity index (χ1) is 5.59. The standard InChI is InChI=1S/C10H14O2/c1-7(2)9-4-3-8(5-9)6-10(11)12/h3-4,8H,5-6H2,1-2H3,(H,11,12). The first kappa shape index (κ1) is 9.04. The van der Waals surface area contributed by atoms with Gasteiger partial charge in [-0.1, -0.05) is 17.7 Å². The Hall–Kier alpha value is -1.05. The van der Waals surface area contributed by atoms with Crippen molar-refractivity contribution in [3.63, 3.8) is 0 Å². The van der Waals surface area contributed by atoms with Crippen LogP contribution in [0, 0.1) is 5.92 Å². The molecule has 1 unspecified atom stereocenters. The van der Waals surface area contributed by atoms with E-state index < -0.39 is 5.97 Å². The SMILES string of the molecule is CC(C)=C1C=CC(CC(=O)O)C1. The highest BCUT2D eigenvalue weighted by atomic mass is 16.4. The van der Waals surface area contributed by atoms with Crippen molar-refractivity contribution in [3.8, 4) is 0 Å². The number of rotatable bonds is 2. The normalized spacial score (nSPS) is 21.5. The fraction of sp³-hybridized carbons (Fsp3) is 0.500. The van der Waals surface area contributed by atoms with Crippen LogP contribution >= 0.6 is 0 Å². The molecule has 0 saturated heterocycles. The fourth-order valence-electron chi connectivity index (χ4n) is 1.41. The van der Waals surface area contributed by atoms with Crippen LogP contribution in [-0.2, 0) is 4.79 Å². The molecule has 0 aromatic rings. The quantitative estimate of drug-likeness (QED) is 0.683. The molecule has 0 aliphatic heterocycles. The molecule has 1 aliphatic rings. The van der Waals surface area contributed by atoms with E-state index in [1.54, 1.807) is 0 Å². The molecule has 1 rings (SSSR count). The Kier molecular flexibility index (Phi) is 2.69. The van der Waals surface area contributed by atoms with E-state index in [2.05, 4.69) is 13.8 Å². The Balaban J connectivity index is 2.54. The van der Waals surface area contributed by atoms with E-state index in [0.29, 0.717) is 0 Å². The molecule has 0 spiro atoms. The van der Waals surface area contributed by atoms with Gasteiger partial charge < -0.3 is 5.11 Å². The van der Waals surface area contributed by atoms with Crippen molar-refractivity contribution in [3.05, 3.63) is 23.3 Å². The van der Waals surface area contributed by atoms with E-state index >= 15 is 0 Å². The van der Waals surface area contributed by atoms with Gasteiger partial charge in [0.25, 0.3) is 0 Å². The van der Waals surface area contributed by atoms with Crippen LogP contribution in [0.15, 0.2) is 23.3 Å². The lowest BCUT2D eigenvalue weighted by atomic mass is 10.0. The number of carboxylic acids is 1. The summed E-state index contributed by atoms with van der Waals surface area (Å²) >= 11 is 0. The molecule has 66 valence electrons. The molecule has 1 aliphatic carbocycles. The van der Waals surface area contributed by atoms with Crippen LogP contribution in [0.2, 0.25) is 0 Å². The van der Waals surface area contributed by atoms with E-state index in [4.69, 9.17) is 5.11 Å². The highest BCUT2D eigenvalue weighted by molar-refractivity contribution is 5.67. The van der Waals surface area contributed by atoms with Gasteiger partial charge in [0.15, 0.2) is 0 Å². The second-order valence-corrected chi connectivity index (χ2v) is 3.45. The third-order valence-electron chi connectivity index (χ3n) is 2.13. The third-order valence-corrected chi connectivity index (χ3v) is 2.13. The van der Waals surface area contributed by atoms with Gasteiger partial charge in [0.1, 0.15) is 0 Å². The highest BCUT2D eigenvalue weighted by Crippen LogP contribution is 2.27. The molecule has 1 atom stereocenters. The molecular formula is C10H14O2. The van der Waals surface area contributed by atoms with Gasteiger partial charge in [-0.15, -0.1) is 0 Å². The maximum absolute atomic E-state index is 10.4. The highest BCUT2D eigenvalue weighted by Gasteiger charge is 2.16. The fourth-order valence-corrected chi connectivity index (χ4v) is 1.41. The van der Waals surface area contributed by atoms with Crippen LogP contribution in [0.5, 0.6) is 0 Å². The molecule has 0 amide bonds. The molecule has 0 saturated carbocycles. The van der Waals surface area contributed by atoms with E-state index in [1.807, 2.05) is 12.2 Å². The number of aliphatic carboxylic acids is 1. The summed E-state index contributed by atoms with van der Waals surface area (Å²) in [4.78, 5) is 10.4. The van der Waals surface area contributed by atoms with E-state index in [9.17, 15) is 4.79 Å². The summed E-state index contributed by atoms with van der Waals surface area (Å²) < 4.78 is 0. The van der Waals surface area contributed by atoms with Gasteiger partial charge in [-0.3, -0.25) is 4.79 Å². The van der Waals surface area contributed by atoms with Gasteiger partial charge in [-0.25, -0.2) is 0 Å². The first-order valence-corrected chi connectivity index (χ1v) is 4.16. The monoisotopic (exact) mass is 166 g/mol. The van der Waals surface area contributed by atoms with Crippen molar-refractivity contribution >= 4 is 5.97 Å². The summed E-state index contributed by atoms with van der Waals surface area (Å²) in [6.45, 7) is 4.12. The lowest BCUT2D eigenvalue weighted by molar-refractivity contribution is -0.137. The largest absolute Gasteiger partial charge is 0.481 e. The summed E-state index contributed by atoms with van der Waals surface area (Å²) in [6.07, 6.45) is 5.20. The number of carboxylic acid groups (broad SMARTS) is 1. The first-order valence-electron chi connectivity index (χ1n) is 4.16. The number of hydrogen-bond acceptors (Lipinski definition) is 1. The van der Waals surface area contributed by atoms with Gasteiger partial charge >= 0.3 is 5.97 Å². The molecule has 0 heterocycles. The van der Waals surface area contributed by atoms with Crippen LogP contribution in [-0.4, -0.2) is 11.1 Å². The van der Waals surface area contributed by atoms with Gasteiger partial charge in [-0.2, -0.15) is 0 Å². The molecule has 2 heteroatoms. The van der Waals surface area contributed by atoms with Crippen LogP contribution in [0.3, 0.4) is 0 Å². The van der Waals surface area contributed by atoms with Crippen molar-refractivity contribution in [2.75, 3.05) is 0 Å². The average Bonchev–Trinajstić information content (AvgIpc) is 2.34. The van der Waals surface area contributed by atoms with Crippen LogP contribution in [0.1, 0.15) is 26.7 Å². The van der Waals surface area contributed by atoms with Crippen molar-refractivity contribution in [2.45, 2.75) is 26.7 Å². The van der Waals surface area contributed by atoms with Gasteiger partial charge in [0, 0.05) is 0 Å². The Morgan fingerprint density at radius 1 is 1.67 bits per heavy atom. The average molecular weight is 166 g/mol. The lowest BCUT2D eigenvalue weighted by Gasteiger charge is -2.03. The predicted octanol–water partition coefficient (Wildman–Crippen LogP) is 2.37. The van der Waals surface area contributed by atoms with Crippen molar-refractivity contribution < 1.29 is 9.90 Å². The number of allylic oxidation sites excluding steroid dienone is 4. The molecule has 0 aromatic heterocycles. The van der Waals surface area contributed by atoms with Crippen molar-refractivity contribution in [1.82, 2.24) is 0 Å². The Labute approximate surface area is 72.6 Å². The van der Waals surface area contributed by atoms with E-state index in [1.165, 1.54) is 11.1 Å². The summed E-state index contributed by atoms with van der Waals surface area (Å²) in [7, 11) is 0. The second-order valence-electron chi connectivity index (χ2n) is 3.45. The van der Waals surface area contributed by atoms with E-state index in [-0.39, 0.29) is 12.3 Å². The third kappa shape index (κ3) is 2.22. The summed E-state index contributed by atoms with van der Waals surface area (Å²) in [5.41, 5.74) is 2.58. The van der Waals surface area contributed by atoms with Gasteiger partial charge in [0.2, 0.25) is 0 Å². The molecule has 1 N–H and O–H groups in total. The summed E-state index contributed by atoms with van der Waals surface area (Å²) in [5, 5.41) is 8.55. The van der Waals surface area contributed by atoms with E-state index in [0.717, 1.165) is 6.42 Å². The minimum Gasteiger partial charge on any atom is -0.481 e. The lowest BCUT2D eigenvalue weighted by Crippen LogP contribution is -2.02. The predicted molar refractivity (Wildman–Crippen MR) is 47.9 cm³/mol. The Morgan fingerprint density at radius 3 is 2.75 bits per heavy atom. The Bertz CT molecular complexity index is 245. The smallest absolute Gasteiger partial charge is 0.303 e. The summed E-state index contributed by atoms with van der Waals surface area (Å²) in [5.74, 6) is -0.493. The topological polar surface area (TPSA) is 37.3 Å². The Morgan fingerprint density at radius 2 is 2.33 bits per heavy atom. The molecular weight excluding hydrogens is 152 g/mol. The van der Waals surface area contributed by atoms with Crippen LogP contribution in [0.25, 0.3) is 0 Å². The molecule has 0 aromatic carbocycles. The zero-order chi connectivity index (χ0) is 9.14. The molecule has 0 fully saturated rings. The van der Waals surface area contributed by atoms with Crippen molar-refractivity contribution in [2.24, 2.45) is 5.92 Å². The zero-order valence-electron chi connectivity index (χ0n) is 7.50. The number of hydrogen-bond donors (Lipinski definition) is 1. The van der Waals surface area contributed by atoms with Crippen LogP contribution in [0.4, 0.5) is 0 Å². The molecule has 2 nitrogen and oxygen atoms in total. The molecule has 0 radical (unpaired) electrons. The van der Waals surface area contributed by atoms with Crippen LogP contribution < -0.4 is 0 Å². The summed E-state index contributed by atoms with van der Waals surface area (Å²) in [6, 6.07) is 0.